The van der Waals surface area contributed by atoms with E-state index >= 15 is 0 Å². The standard InChI is InChI=1S/C19H24FN3O3S2/c1-15-8-10-16(11-9-15)27-13-12-21-19(24)14-23(28(25,26)22(2)3)18-7-5-4-6-17(18)20/h4-11H,12-14H2,1-3H3,(H,21,24). The van der Waals surface area contributed by atoms with Crippen LogP contribution in [0.15, 0.2) is 53.4 Å². The molecule has 1 N–H and O–H groups in total. The summed E-state index contributed by atoms with van der Waals surface area (Å²) in [6.07, 6.45) is 0. The van der Waals surface area contributed by atoms with Gasteiger partial charge in [0, 0.05) is 31.3 Å². The molecule has 152 valence electrons. The largest absolute Gasteiger partial charge is 0.354 e. The summed E-state index contributed by atoms with van der Waals surface area (Å²) in [5.41, 5.74) is 1.01. The summed E-state index contributed by atoms with van der Waals surface area (Å²) in [5.74, 6) is -0.580. The van der Waals surface area contributed by atoms with Gasteiger partial charge in [-0.3, -0.25) is 4.79 Å². The van der Waals surface area contributed by atoms with Crippen molar-refractivity contribution < 1.29 is 17.6 Å². The van der Waals surface area contributed by atoms with Crippen molar-refractivity contribution >= 4 is 33.6 Å². The number of para-hydroxylation sites is 1. The lowest BCUT2D eigenvalue weighted by atomic mass is 10.2. The third-order valence-corrected chi connectivity index (χ3v) is 6.68. The molecule has 28 heavy (non-hydrogen) atoms. The summed E-state index contributed by atoms with van der Waals surface area (Å²) in [6.45, 7) is 1.87. The first-order valence-corrected chi connectivity index (χ1v) is 11.0. The van der Waals surface area contributed by atoms with Gasteiger partial charge in [0.05, 0.1) is 5.69 Å². The second kappa shape index (κ2) is 9.90. The SMILES string of the molecule is Cc1ccc(SCCNC(=O)CN(c2ccccc2F)S(=O)(=O)N(C)C)cc1. The number of carbonyl (C=O) groups excluding carboxylic acids is 1. The van der Waals surface area contributed by atoms with E-state index < -0.39 is 28.5 Å². The Balaban J connectivity index is 1.98. The minimum atomic E-state index is -4.03. The van der Waals surface area contributed by atoms with Crippen LogP contribution in [-0.2, 0) is 15.0 Å². The molecule has 2 rings (SSSR count). The lowest BCUT2D eigenvalue weighted by Gasteiger charge is -2.27. The highest BCUT2D eigenvalue weighted by atomic mass is 32.2. The van der Waals surface area contributed by atoms with Gasteiger partial charge in [-0.25, -0.2) is 8.70 Å². The number of amides is 1. The highest BCUT2D eigenvalue weighted by Gasteiger charge is 2.29. The Labute approximate surface area is 169 Å². The first kappa shape index (κ1) is 22.2. The van der Waals surface area contributed by atoms with Gasteiger partial charge in [-0.05, 0) is 31.2 Å². The van der Waals surface area contributed by atoms with Gasteiger partial charge in [-0.2, -0.15) is 12.7 Å². The van der Waals surface area contributed by atoms with Crippen molar-refractivity contribution in [3.05, 3.63) is 59.9 Å². The van der Waals surface area contributed by atoms with Crippen LogP contribution in [0.3, 0.4) is 0 Å². The molecule has 2 aromatic rings. The summed E-state index contributed by atoms with van der Waals surface area (Å²) >= 11 is 1.58. The fourth-order valence-corrected chi connectivity index (χ4v) is 4.16. The molecule has 0 aliphatic rings. The third-order valence-electron chi connectivity index (χ3n) is 3.86. The maximum absolute atomic E-state index is 14.1. The van der Waals surface area contributed by atoms with E-state index in [2.05, 4.69) is 5.32 Å². The van der Waals surface area contributed by atoms with E-state index in [9.17, 15) is 17.6 Å². The van der Waals surface area contributed by atoms with Crippen LogP contribution in [0.4, 0.5) is 10.1 Å². The van der Waals surface area contributed by atoms with Crippen molar-refractivity contribution in [2.75, 3.05) is 37.2 Å². The normalized spacial score (nSPS) is 11.5. The lowest BCUT2D eigenvalue weighted by Crippen LogP contribution is -2.46. The van der Waals surface area contributed by atoms with E-state index in [0.29, 0.717) is 12.3 Å². The molecule has 0 fully saturated rings. The quantitative estimate of drug-likeness (QED) is 0.495. The van der Waals surface area contributed by atoms with E-state index in [0.717, 1.165) is 19.6 Å². The van der Waals surface area contributed by atoms with Crippen LogP contribution < -0.4 is 9.62 Å². The zero-order chi connectivity index (χ0) is 20.7. The van der Waals surface area contributed by atoms with Gasteiger partial charge < -0.3 is 5.32 Å². The number of nitrogens with zero attached hydrogens (tertiary/aromatic N) is 2. The Hall–Kier alpha value is -2.10. The fourth-order valence-electron chi connectivity index (χ4n) is 2.32. The first-order valence-electron chi connectivity index (χ1n) is 8.62. The lowest BCUT2D eigenvalue weighted by molar-refractivity contribution is -0.119. The van der Waals surface area contributed by atoms with Gasteiger partial charge in [0.15, 0.2) is 0 Å². The maximum atomic E-state index is 14.1. The minimum absolute atomic E-state index is 0.166. The molecule has 0 saturated heterocycles. The number of nitrogens with one attached hydrogen (secondary N) is 1. The molecule has 0 aromatic heterocycles. The monoisotopic (exact) mass is 425 g/mol. The number of benzene rings is 2. The summed E-state index contributed by atoms with van der Waals surface area (Å²) in [5, 5.41) is 2.69. The van der Waals surface area contributed by atoms with Crippen LogP contribution in [0.2, 0.25) is 0 Å². The molecule has 0 bridgehead atoms. The van der Waals surface area contributed by atoms with Crippen LogP contribution in [-0.4, -0.2) is 51.6 Å². The number of thioether (sulfide) groups is 1. The van der Waals surface area contributed by atoms with Gasteiger partial charge in [0.1, 0.15) is 12.4 Å². The molecule has 0 saturated carbocycles. The zero-order valence-electron chi connectivity index (χ0n) is 16.1. The second-order valence-corrected chi connectivity index (χ2v) is 9.49. The van der Waals surface area contributed by atoms with Gasteiger partial charge >= 0.3 is 10.2 Å². The van der Waals surface area contributed by atoms with Crippen LogP contribution in [0.1, 0.15) is 5.56 Å². The number of carbonyl (C=O) groups is 1. The van der Waals surface area contributed by atoms with Crippen molar-refractivity contribution in [3.8, 4) is 0 Å². The van der Waals surface area contributed by atoms with Crippen LogP contribution in [0, 0.1) is 12.7 Å². The first-order chi connectivity index (χ1) is 13.2. The molecule has 6 nitrogen and oxygen atoms in total. The van der Waals surface area contributed by atoms with Crippen molar-refractivity contribution in [2.45, 2.75) is 11.8 Å². The Morgan fingerprint density at radius 2 is 1.75 bits per heavy atom. The number of rotatable bonds is 9. The van der Waals surface area contributed by atoms with Crippen LogP contribution in [0.5, 0.6) is 0 Å². The maximum Gasteiger partial charge on any atom is 0.304 e. The number of hydrogen-bond acceptors (Lipinski definition) is 4. The summed E-state index contributed by atoms with van der Waals surface area (Å²) in [4.78, 5) is 13.4. The molecule has 0 unspecified atom stereocenters. The van der Waals surface area contributed by atoms with Crippen molar-refractivity contribution in [2.24, 2.45) is 0 Å². The highest BCUT2D eigenvalue weighted by molar-refractivity contribution is 7.99. The van der Waals surface area contributed by atoms with Crippen LogP contribution >= 0.6 is 11.8 Å². The van der Waals surface area contributed by atoms with Crippen molar-refractivity contribution in [3.63, 3.8) is 0 Å². The summed E-state index contributed by atoms with van der Waals surface area (Å²) in [6, 6.07) is 13.5. The van der Waals surface area contributed by atoms with Crippen molar-refractivity contribution in [1.29, 1.82) is 0 Å². The topological polar surface area (TPSA) is 69.7 Å². The summed E-state index contributed by atoms with van der Waals surface area (Å²) in [7, 11) is -1.36. The predicted octanol–water partition coefficient (Wildman–Crippen LogP) is 2.66. The molecule has 2 aromatic carbocycles. The van der Waals surface area contributed by atoms with E-state index in [1.54, 1.807) is 11.8 Å². The molecule has 0 spiro atoms. The average molecular weight is 426 g/mol. The molecule has 0 atom stereocenters. The molecule has 1 amide bonds. The number of aryl methyl sites for hydroxylation is 1. The predicted molar refractivity (Wildman–Crippen MR) is 111 cm³/mol. The van der Waals surface area contributed by atoms with Crippen molar-refractivity contribution in [1.82, 2.24) is 9.62 Å². The fraction of sp³-hybridized carbons (Fsp3) is 0.316. The van der Waals surface area contributed by atoms with Crippen LogP contribution in [0.25, 0.3) is 0 Å². The van der Waals surface area contributed by atoms with Gasteiger partial charge in [-0.15, -0.1) is 11.8 Å². The Bertz CT molecular complexity index is 903. The van der Waals surface area contributed by atoms with E-state index in [4.69, 9.17) is 0 Å². The Morgan fingerprint density at radius 3 is 2.36 bits per heavy atom. The minimum Gasteiger partial charge on any atom is -0.354 e. The molecular weight excluding hydrogens is 401 g/mol. The molecule has 0 heterocycles. The zero-order valence-corrected chi connectivity index (χ0v) is 17.7. The summed E-state index contributed by atoms with van der Waals surface area (Å²) < 4.78 is 41.0. The van der Waals surface area contributed by atoms with Gasteiger partial charge in [-0.1, -0.05) is 29.8 Å². The Kier molecular flexibility index (Phi) is 7.85. The van der Waals surface area contributed by atoms with E-state index in [-0.39, 0.29) is 5.69 Å². The molecule has 0 aliphatic carbocycles. The number of halogens is 1. The molecule has 0 aliphatic heterocycles. The van der Waals surface area contributed by atoms with Gasteiger partial charge in [0.25, 0.3) is 0 Å². The molecule has 9 heteroatoms. The molecule has 0 radical (unpaired) electrons. The molecular formula is C19H24FN3O3S2. The van der Waals surface area contributed by atoms with E-state index in [1.807, 2.05) is 31.2 Å². The highest BCUT2D eigenvalue weighted by Crippen LogP contribution is 2.22. The van der Waals surface area contributed by atoms with E-state index in [1.165, 1.54) is 37.9 Å². The Morgan fingerprint density at radius 1 is 1.11 bits per heavy atom. The average Bonchev–Trinajstić information content (AvgIpc) is 2.65. The third kappa shape index (κ3) is 5.95. The second-order valence-electron chi connectivity index (χ2n) is 6.26. The van der Waals surface area contributed by atoms with Gasteiger partial charge in [0.2, 0.25) is 5.91 Å². The number of anilines is 1. The smallest absolute Gasteiger partial charge is 0.304 e. The number of hydrogen-bond donors (Lipinski definition) is 1.